The predicted molar refractivity (Wildman–Crippen MR) is 167 cm³/mol. The highest BCUT2D eigenvalue weighted by Crippen LogP contribution is 2.43. The Morgan fingerprint density at radius 1 is 1.19 bits per heavy atom. The Bertz CT molecular complexity index is 1120. The molecule has 240 valence electrons. The van der Waals surface area contributed by atoms with Crippen molar-refractivity contribution in [2.24, 2.45) is 17.8 Å². The van der Waals surface area contributed by atoms with E-state index < -0.39 is 5.60 Å². The first kappa shape index (κ1) is 33.2. The number of rotatable bonds is 15. The fourth-order valence-electron chi connectivity index (χ4n) is 6.18. The summed E-state index contributed by atoms with van der Waals surface area (Å²) in [5, 5.41) is 6.62. The second-order valence-corrected chi connectivity index (χ2v) is 13.1. The van der Waals surface area contributed by atoms with Crippen molar-refractivity contribution in [3.05, 3.63) is 18.2 Å². The molecule has 2 heterocycles. The maximum absolute atomic E-state index is 14.1. The Kier molecular flexibility index (Phi) is 11.5. The van der Waals surface area contributed by atoms with Crippen LogP contribution in [0.4, 0.5) is 11.4 Å². The monoisotopic (exact) mass is 600 g/mol. The Hall–Kier alpha value is -2.69. The van der Waals surface area contributed by atoms with E-state index in [1.165, 1.54) is 0 Å². The van der Waals surface area contributed by atoms with Crippen LogP contribution in [0.1, 0.15) is 73.1 Å². The van der Waals surface area contributed by atoms with Crippen LogP contribution in [0.15, 0.2) is 18.2 Å². The molecule has 2 aliphatic heterocycles. The lowest BCUT2D eigenvalue weighted by molar-refractivity contribution is -0.132. The predicted octanol–water partition coefficient (Wildman–Crippen LogP) is 3.91. The van der Waals surface area contributed by atoms with Gasteiger partial charge in [0.05, 0.1) is 17.5 Å². The highest BCUT2D eigenvalue weighted by Gasteiger charge is 2.43. The summed E-state index contributed by atoms with van der Waals surface area (Å²) >= 11 is 0. The molecule has 1 aromatic carbocycles. The Labute approximate surface area is 257 Å². The molecule has 10 heteroatoms. The number of carbonyl (C=O) groups is 3. The zero-order chi connectivity index (χ0) is 31.1. The average molecular weight is 601 g/mol. The lowest BCUT2D eigenvalue weighted by Gasteiger charge is -2.40. The van der Waals surface area contributed by atoms with Crippen LogP contribution in [0.2, 0.25) is 0 Å². The van der Waals surface area contributed by atoms with Gasteiger partial charge in [-0.1, -0.05) is 13.8 Å². The first-order chi connectivity index (χ1) is 20.6. The van der Waals surface area contributed by atoms with Crippen LogP contribution in [0.5, 0.6) is 5.75 Å². The number of benzene rings is 1. The number of amides is 3. The van der Waals surface area contributed by atoms with Gasteiger partial charge in [-0.2, -0.15) is 0 Å². The number of hydrogen-bond donors (Lipinski definition) is 2. The highest BCUT2D eigenvalue weighted by atomic mass is 16.5. The van der Waals surface area contributed by atoms with Crippen molar-refractivity contribution >= 4 is 29.1 Å². The van der Waals surface area contributed by atoms with Crippen molar-refractivity contribution in [2.75, 3.05) is 56.4 Å². The van der Waals surface area contributed by atoms with E-state index in [-0.39, 0.29) is 41.6 Å². The van der Waals surface area contributed by atoms with Crippen LogP contribution in [-0.4, -0.2) is 82.0 Å². The molecule has 1 aliphatic carbocycles. The molecule has 4 rings (SSSR count). The van der Waals surface area contributed by atoms with Crippen molar-refractivity contribution in [1.82, 2.24) is 10.6 Å². The minimum atomic E-state index is -0.978. The minimum absolute atomic E-state index is 0.00359. The molecule has 1 saturated carbocycles. The zero-order valence-corrected chi connectivity index (χ0v) is 26.9. The van der Waals surface area contributed by atoms with E-state index in [0.29, 0.717) is 69.7 Å². The third-order valence-corrected chi connectivity index (χ3v) is 8.50. The molecule has 3 amide bonds. The summed E-state index contributed by atoms with van der Waals surface area (Å²) in [6, 6.07) is 5.88. The summed E-state index contributed by atoms with van der Waals surface area (Å²) in [6.07, 6.45) is 4.73. The second kappa shape index (κ2) is 14.9. The van der Waals surface area contributed by atoms with Gasteiger partial charge in [0.25, 0.3) is 5.91 Å². The van der Waals surface area contributed by atoms with E-state index in [0.717, 1.165) is 31.4 Å². The second-order valence-electron chi connectivity index (χ2n) is 13.1. The average Bonchev–Trinajstić information content (AvgIpc) is 3.80. The van der Waals surface area contributed by atoms with Crippen LogP contribution < -0.4 is 25.2 Å². The van der Waals surface area contributed by atoms with E-state index in [1.54, 1.807) is 25.9 Å². The molecular formula is C33H52N4O6. The number of piperidine rings is 1. The van der Waals surface area contributed by atoms with Crippen molar-refractivity contribution in [3.8, 4) is 5.75 Å². The van der Waals surface area contributed by atoms with Crippen LogP contribution in [0.25, 0.3) is 0 Å². The van der Waals surface area contributed by atoms with Gasteiger partial charge in [0.1, 0.15) is 5.75 Å². The van der Waals surface area contributed by atoms with E-state index in [2.05, 4.69) is 24.5 Å². The molecule has 2 N–H and O–H groups in total. The van der Waals surface area contributed by atoms with E-state index in [9.17, 15) is 14.4 Å². The molecular weight excluding hydrogens is 548 g/mol. The summed E-state index contributed by atoms with van der Waals surface area (Å²) in [4.78, 5) is 44.5. The fraction of sp³-hybridized carbons (Fsp3) is 0.727. The molecule has 3 atom stereocenters. The first-order valence-electron chi connectivity index (χ1n) is 16.1. The lowest BCUT2D eigenvalue weighted by atomic mass is 9.88. The van der Waals surface area contributed by atoms with Crippen LogP contribution in [0, 0.1) is 17.8 Å². The van der Waals surface area contributed by atoms with Gasteiger partial charge >= 0.3 is 0 Å². The SMILES string of the molecule is CCOCC[C@H](CC(C)C)NC(=O)[C@@H]1CNC[C@H](C(=O)N(c2ccc3c(c2)N(CCCOC)C(=O)C(C)(C)O3)C2CC2)C1. The molecule has 0 unspecified atom stereocenters. The summed E-state index contributed by atoms with van der Waals surface area (Å²) in [5.74, 6) is 0.407. The number of anilines is 2. The lowest BCUT2D eigenvalue weighted by Crippen LogP contribution is -2.53. The Balaban J connectivity index is 1.49. The van der Waals surface area contributed by atoms with E-state index in [1.807, 2.05) is 30.0 Å². The van der Waals surface area contributed by atoms with Gasteiger partial charge in [-0.3, -0.25) is 14.4 Å². The molecule has 0 spiro atoms. The summed E-state index contributed by atoms with van der Waals surface area (Å²) in [6.45, 7) is 13.3. The zero-order valence-electron chi connectivity index (χ0n) is 26.9. The minimum Gasteiger partial charge on any atom is -0.476 e. The first-order valence-corrected chi connectivity index (χ1v) is 16.1. The fourth-order valence-corrected chi connectivity index (χ4v) is 6.18. The molecule has 10 nitrogen and oxygen atoms in total. The topological polar surface area (TPSA) is 109 Å². The molecule has 3 aliphatic rings. The van der Waals surface area contributed by atoms with Crippen molar-refractivity contribution < 1.29 is 28.6 Å². The maximum Gasteiger partial charge on any atom is 0.270 e. The highest BCUT2D eigenvalue weighted by molar-refractivity contribution is 6.04. The van der Waals surface area contributed by atoms with Gasteiger partial charge in [0.15, 0.2) is 5.60 Å². The standard InChI is InChI=1S/C33H52N4O6/c1-7-42-16-13-25(17-22(2)3)35-30(38)23-18-24(21-34-20-23)31(39)37(26-9-10-26)27-11-12-29-28(19-27)36(14-8-15-41-6)32(40)33(4,5)43-29/h11-12,19,22-26,34H,7-10,13-18,20-21H2,1-6H3,(H,35,38)/t23-,24+,25+/m0/s1. The molecule has 1 saturated heterocycles. The van der Waals surface area contributed by atoms with Crippen molar-refractivity contribution in [3.63, 3.8) is 0 Å². The van der Waals surface area contributed by atoms with Gasteiger partial charge in [-0.05, 0) is 83.4 Å². The number of nitrogens with zero attached hydrogens (tertiary/aromatic N) is 2. The van der Waals surface area contributed by atoms with Crippen molar-refractivity contribution in [1.29, 1.82) is 0 Å². The molecule has 0 radical (unpaired) electrons. The van der Waals surface area contributed by atoms with Gasteiger partial charge in [0.2, 0.25) is 11.8 Å². The molecule has 0 aromatic heterocycles. The normalized spacial score (nSPS) is 22.1. The maximum atomic E-state index is 14.1. The third-order valence-electron chi connectivity index (χ3n) is 8.50. The third kappa shape index (κ3) is 8.48. The summed E-state index contributed by atoms with van der Waals surface area (Å²) in [5.41, 5.74) is 0.464. The van der Waals surface area contributed by atoms with Crippen LogP contribution >= 0.6 is 0 Å². The van der Waals surface area contributed by atoms with Gasteiger partial charge in [-0.25, -0.2) is 0 Å². The van der Waals surface area contributed by atoms with Gasteiger partial charge in [0, 0.05) is 64.3 Å². The van der Waals surface area contributed by atoms with Gasteiger partial charge < -0.3 is 34.6 Å². The number of methoxy groups -OCH3 is 1. The van der Waals surface area contributed by atoms with E-state index >= 15 is 0 Å². The number of fused-ring (bicyclic) bond motifs is 1. The number of nitrogens with one attached hydrogen (secondary N) is 2. The summed E-state index contributed by atoms with van der Waals surface area (Å²) < 4.78 is 16.9. The van der Waals surface area contributed by atoms with Crippen molar-refractivity contribution in [2.45, 2.75) is 90.8 Å². The largest absolute Gasteiger partial charge is 0.476 e. The Morgan fingerprint density at radius 2 is 1.93 bits per heavy atom. The molecule has 0 bridgehead atoms. The molecule has 43 heavy (non-hydrogen) atoms. The van der Waals surface area contributed by atoms with Gasteiger partial charge in [-0.15, -0.1) is 0 Å². The van der Waals surface area contributed by atoms with Crippen LogP contribution in [-0.2, 0) is 23.9 Å². The quantitative estimate of drug-likeness (QED) is 0.294. The molecule has 1 aromatic rings. The number of carbonyl (C=O) groups excluding carboxylic acids is 3. The van der Waals surface area contributed by atoms with Crippen LogP contribution in [0.3, 0.4) is 0 Å². The molecule has 2 fully saturated rings. The summed E-state index contributed by atoms with van der Waals surface area (Å²) in [7, 11) is 1.65. The Morgan fingerprint density at radius 3 is 2.60 bits per heavy atom. The number of hydrogen-bond acceptors (Lipinski definition) is 7. The smallest absolute Gasteiger partial charge is 0.270 e. The van der Waals surface area contributed by atoms with E-state index in [4.69, 9.17) is 14.2 Å². The number of ether oxygens (including phenoxy) is 3.